The molecule has 0 aromatic heterocycles. The zero-order chi connectivity index (χ0) is 17.7. The highest BCUT2D eigenvalue weighted by molar-refractivity contribution is 6.00. The highest BCUT2D eigenvalue weighted by atomic mass is 16.7. The number of hydrogen-bond acceptors (Lipinski definition) is 5. The SMILES string of the molecule is CCC(C)(CC)N1CC=C(NC(=O)c2c(OC)cccc2OC)O1. The molecule has 6 heteroatoms. The first-order chi connectivity index (χ1) is 11.5. The number of carbonyl (C=O) groups is 1. The Hall–Kier alpha value is -2.21. The molecule has 0 atom stereocenters. The van der Waals surface area contributed by atoms with Crippen LogP contribution in [0.4, 0.5) is 0 Å². The summed E-state index contributed by atoms with van der Waals surface area (Å²) in [6, 6.07) is 5.22. The van der Waals surface area contributed by atoms with Gasteiger partial charge in [-0.05, 0) is 38.0 Å². The van der Waals surface area contributed by atoms with Crippen molar-refractivity contribution >= 4 is 5.91 Å². The summed E-state index contributed by atoms with van der Waals surface area (Å²) in [6.45, 7) is 7.04. The number of methoxy groups -OCH3 is 2. The van der Waals surface area contributed by atoms with Crippen LogP contribution in [0, 0.1) is 0 Å². The van der Waals surface area contributed by atoms with Gasteiger partial charge >= 0.3 is 0 Å². The lowest BCUT2D eigenvalue weighted by Gasteiger charge is -2.35. The maximum absolute atomic E-state index is 12.6. The third kappa shape index (κ3) is 3.48. The molecule has 1 aliphatic rings. The Balaban J connectivity index is 2.12. The third-order valence-corrected chi connectivity index (χ3v) is 4.67. The van der Waals surface area contributed by atoms with Gasteiger partial charge in [0.2, 0.25) is 5.88 Å². The molecule has 0 aliphatic carbocycles. The Morgan fingerprint density at radius 2 is 1.83 bits per heavy atom. The third-order valence-electron chi connectivity index (χ3n) is 4.67. The summed E-state index contributed by atoms with van der Waals surface area (Å²) in [6.07, 6.45) is 3.78. The molecule has 1 aromatic rings. The lowest BCUT2D eigenvalue weighted by atomic mass is 9.95. The van der Waals surface area contributed by atoms with Crippen LogP contribution < -0.4 is 14.8 Å². The van der Waals surface area contributed by atoms with E-state index in [0.717, 1.165) is 12.8 Å². The summed E-state index contributed by atoms with van der Waals surface area (Å²) >= 11 is 0. The van der Waals surface area contributed by atoms with Gasteiger partial charge in [0.05, 0.1) is 26.3 Å². The number of nitrogens with zero attached hydrogens (tertiary/aromatic N) is 1. The lowest BCUT2D eigenvalue weighted by Crippen LogP contribution is -2.43. The maximum atomic E-state index is 12.6. The van der Waals surface area contributed by atoms with Crippen LogP contribution in [0.3, 0.4) is 0 Å². The monoisotopic (exact) mass is 334 g/mol. The van der Waals surface area contributed by atoms with E-state index in [1.165, 1.54) is 14.2 Å². The smallest absolute Gasteiger partial charge is 0.265 e. The molecule has 1 aliphatic heterocycles. The number of hydroxylamine groups is 2. The Kier molecular flexibility index (Phi) is 5.72. The maximum Gasteiger partial charge on any atom is 0.265 e. The number of nitrogens with one attached hydrogen (secondary N) is 1. The molecule has 2 rings (SSSR count). The van der Waals surface area contributed by atoms with E-state index < -0.39 is 0 Å². The van der Waals surface area contributed by atoms with Crippen molar-refractivity contribution in [2.75, 3.05) is 20.8 Å². The first kappa shape index (κ1) is 18.1. The van der Waals surface area contributed by atoms with Gasteiger partial charge in [0.1, 0.15) is 17.1 Å². The van der Waals surface area contributed by atoms with Gasteiger partial charge in [-0.1, -0.05) is 19.9 Å². The Bertz CT molecular complexity index is 601. The van der Waals surface area contributed by atoms with E-state index in [4.69, 9.17) is 14.3 Å². The van der Waals surface area contributed by atoms with Crippen molar-refractivity contribution in [3.8, 4) is 11.5 Å². The standard InChI is InChI=1S/C18H26N2O4/c1-6-18(3,7-2)20-12-11-15(24-20)19-17(21)16-13(22-4)9-8-10-14(16)23-5/h8-11H,6-7,12H2,1-5H3,(H,19,21). The molecule has 24 heavy (non-hydrogen) atoms. The van der Waals surface area contributed by atoms with E-state index in [1.54, 1.807) is 18.2 Å². The minimum atomic E-state index is -0.327. The molecule has 0 unspecified atom stereocenters. The largest absolute Gasteiger partial charge is 0.496 e. The minimum absolute atomic E-state index is 0.0644. The second kappa shape index (κ2) is 7.57. The van der Waals surface area contributed by atoms with Gasteiger partial charge in [0, 0.05) is 0 Å². The van der Waals surface area contributed by atoms with Crippen molar-refractivity contribution in [3.63, 3.8) is 0 Å². The van der Waals surface area contributed by atoms with Crippen molar-refractivity contribution in [2.45, 2.75) is 39.2 Å². The average Bonchev–Trinajstić information content (AvgIpc) is 3.09. The summed E-state index contributed by atoms with van der Waals surface area (Å²) in [5.74, 6) is 1.01. The quantitative estimate of drug-likeness (QED) is 0.830. The Morgan fingerprint density at radius 1 is 1.25 bits per heavy atom. The predicted molar refractivity (Wildman–Crippen MR) is 91.9 cm³/mol. The molecular formula is C18H26N2O4. The van der Waals surface area contributed by atoms with Crippen LogP contribution in [0.25, 0.3) is 0 Å². The molecule has 0 bridgehead atoms. The number of benzene rings is 1. The fraction of sp³-hybridized carbons (Fsp3) is 0.500. The van der Waals surface area contributed by atoms with E-state index >= 15 is 0 Å². The second-order valence-electron chi connectivity index (χ2n) is 5.92. The first-order valence-electron chi connectivity index (χ1n) is 8.17. The fourth-order valence-corrected chi connectivity index (χ4v) is 2.62. The number of carbonyl (C=O) groups excluding carboxylic acids is 1. The van der Waals surface area contributed by atoms with E-state index in [0.29, 0.717) is 29.5 Å². The minimum Gasteiger partial charge on any atom is -0.496 e. The molecule has 1 amide bonds. The molecule has 0 fully saturated rings. The molecular weight excluding hydrogens is 308 g/mol. The number of ether oxygens (including phenoxy) is 2. The molecule has 1 aromatic carbocycles. The zero-order valence-corrected chi connectivity index (χ0v) is 15.0. The van der Waals surface area contributed by atoms with Crippen molar-refractivity contribution in [1.82, 2.24) is 10.4 Å². The summed E-state index contributed by atoms with van der Waals surface area (Å²) < 4.78 is 10.5. The van der Waals surface area contributed by atoms with Gasteiger partial charge < -0.3 is 14.3 Å². The van der Waals surface area contributed by atoms with Gasteiger partial charge in [0.25, 0.3) is 5.91 Å². The van der Waals surface area contributed by atoms with Crippen LogP contribution in [0.15, 0.2) is 30.2 Å². The molecule has 0 saturated carbocycles. The summed E-state index contributed by atoms with van der Waals surface area (Å²) in [7, 11) is 3.04. The highest BCUT2D eigenvalue weighted by Gasteiger charge is 2.34. The van der Waals surface area contributed by atoms with Crippen LogP contribution >= 0.6 is 0 Å². The Labute approximate surface area is 143 Å². The topological polar surface area (TPSA) is 60.0 Å². The zero-order valence-electron chi connectivity index (χ0n) is 15.0. The molecule has 6 nitrogen and oxygen atoms in total. The van der Waals surface area contributed by atoms with E-state index in [-0.39, 0.29) is 11.4 Å². The average molecular weight is 334 g/mol. The van der Waals surface area contributed by atoms with Crippen molar-refractivity contribution in [1.29, 1.82) is 0 Å². The highest BCUT2D eigenvalue weighted by Crippen LogP contribution is 2.30. The molecule has 1 N–H and O–H groups in total. The first-order valence-corrected chi connectivity index (χ1v) is 8.17. The van der Waals surface area contributed by atoms with Gasteiger partial charge in [-0.25, -0.2) is 0 Å². The van der Waals surface area contributed by atoms with Crippen LogP contribution in [0.2, 0.25) is 0 Å². The van der Waals surface area contributed by atoms with Gasteiger partial charge in [-0.2, -0.15) is 0 Å². The van der Waals surface area contributed by atoms with Crippen LogP contribution in [-0.2, 0) is 4.84 Å². The second-order valence-corrected chi connectivity index (χ2v) is 5.92. The number of rotatable bonds is 7. The van der Waals surface area contributed by atoms with Crippen LogP contribution in [0.1, 0.15) is 44.0 Å². The van der Waals surface area contributed by atoms with Crippen LogP contribution in [0.5, 0.6) is 11.5 Å². The molecule has 0 spiro atoms. The van der Waals surface area contributed by atoms with Gasteiger partial charge in [-0.3, -0.25) is 10.1 Å². The predicted octanol–water partition coefficient (Wildman–Crippen LogP) is 3.10. The van der Waals surface area contributed by atoms with E-state index in [2.05, 4.69) is 26.1 Å². The van der Waals surface area contributed by atoms with E-state index in [9.17, 15) is 4.79 Å². The molecule has 0 saturated heterocycles. The van der Waals surface area contributed by atoms with E-state index in [1.807, 2.05) is 11.1 Å². The van der Waals surface area contributed by atoms with Gasteiger partial charge in [-0.15, -0.1) is 5.06 Å². The van der Waals surface area contributed by atoms with Crippen molar-refractivity contribution < 1.29 is 19.1 Å². The summed E-state index contributed by atoms with van der Waals surface area (Å²) in [5, 5.41) is 4.70. The van der Waals surface area contributed by atoms with Crippen molar-refractivity contribution in [2.24, 2.45) is 0 Å². The molecule has 0 radical (unpaired) electrons. The summed E-state index contributed by atoms with van der Waals surface area (Å²) in [4.78, 5) is 18.5. The number of amides is 1. The molecule has 1 heterocycles. The Morgan fingerprint density at radius 3 is 2.33 bits per heavy atom. The normalized spacial score (nSPS) is 14.8. The number of hydrogen-bond donors (Lipinski definition) is 1. The summed E-state index contributed by atoms with van der Waals surface area (Å²) in [5.41, 5.74) is 0.282. The lowest BCUT2D eigenvalue weighted by molar-refractivity contribution is -0.169. The molecule has 132 valence electrons. The van der Waals surface area contributed by atoms with Gasteiger partial charge in [0.15, 0.2) is 0 Å². The van der Waals surface area contributed by atoms with Crippen LogP contribution in [-0.4, -0.2) is 37.3 Å². The van der Waals surface area contributed by atoms with Crippen molar-refractivity contribution in [3.05, 3.63) is 35.7 Å². The fourth-order valence-electron chi connectivity index (χ4n) is 2.62.